The number of para-hydroxylation sites is 1. The Hall–Kier alpha value is -3.63. The molecule has 3 N–H and O–H groups in total. The first-order chi connectivity index (χ1) is 18.8. The molecule has 0 spiro atoms. The average molecular weight is 513 g/mol. The van der Waals surface area contributed by atoms with E-state index in [-0.39, 0.29) is 12.2 Å². The van der Waals surface area contributed by atoms with E-state index in [0.717, 1.165) is 85.0 Å². The lowest BCUT2D eigenvalue weighted by Crippen LogP contribution is -2.39. The minimum Gasteiger partial charge on any atom is -0.492 e. The second-order valence-electron chi connectivity index (χ2n) is 9.46. The van der Waals surface area contributed by atoms with Crippen LogP contribution >= 0.6 is 0 Å². The van der Waals surface area contributed by atoms with E-state index in [1.165, 1.54) is 0 Å². The molecule has 6 rings (SSSR count). The van der Waals surface area contributed by atoms with E-state index in [1.807, 2.05) is 48.7 Å². The van der Waals surface area contributed by atoms with Crippen molar-refractivity contribution in [2.75, 3.05) is 51.3 Å². The van der Waals surface area contributed by atoms with Gasteiger partial charge >= 0.3 is 0 Å². The van der Waals surface area contributed by atoms with Gasteiger partial charge < -0.3 is 30.2 Å². The molecule has 2 aliphatic heterocycles. The van der Waals surface area contributed by atoms with E-state index >= 15 is 0 Å². The van der Waals surface area contributed by atoms with Crippen molar-refractivity contribution in [2.45, 2.75) is 18.6 Å². The van der Waals surface area contributed by atoms with E-state index in [1.54, 1.807) is 6.20 Å². The van der Waals surface area contributed by atoms with Crippen LogP contribution in [0.4, 0.5) is 11.6 Å². The van der Waals surface area contributed by atoms with Gasteiger partial charge in [-0.15, -0.1) is 0 Å². The summed E-state index contributed by atoms with van der Waals surface area (Å²) in [7, 11) is 0. The van der Waals surface area contributed by atoms with Gasteiger partial charge in [-0.2, -0.15) is 0 Å². The predicted molar refractivity (Wildman–Crippen MR) is 147 cm³/mol. The van der Waals surface area contributed by atoms with Gasteiger partial charge in [-0.1, -0.05) is 30.3 Å². The van der Waals surface area contributed by atoms with E-state index < -0.39 is 0 Å². The number of ether oxygens (including phenoxy) is 3. The fraction of sp³-hybridized carbons (Fsp3) is 0.345. The SMILES string of the molecule is c1cc(-c2ccc(OCCC3CNCCO3)cn2)c2nc(Nc3ccc(C4CNCCO4)cc3)ncc2c1. The molecule has 0 amide bonds. The zero-order valence-corrected chi connectivity index (χ0v) is 21.2. The van der Waals surface area contributed by atoms with Crippen LogP contribution < -0.4 is 20.7 Å². The third-order valence-electron chi connectivity index (χ3n) is 6.80. The number of benzene rings is 2. The maximum Gasteiger partial charge on any atom is 0.227 e. The van der Waals surface area contributed by atoms with Gasteiger partial charge in [-0.05, 0) is 29.8 Å². The van der Waals surface area contributed by atoms with E-state index in [2.05, 4.69) is 38.1 Å². The van der Waals surface area contributed by atoms with Gasteiger partial charge in [0.15, 0.2) is 0 Å². The maximum atomic E-state index is 5.90. The Kier molecular flexibility index (Phi) is 7.69. The van der Waals surface area contributed by atoms with Crippen LogP contribution in [0, 0.1) is 0 Å². The second kappa shape index (κ2) is 11.8. The van der Waals surface area contributed by atoms with Crippen LogP contribution in [0.25, 0.3) is 22.2 Å². The van der Waals surface area contributed by atoms with Crippen molar-refractivity contribution in [1.82, 2.24) is 25.6 Å². The third-order valence-corrected chi connectivity index (χ3v) is 6.80. The summed E-state index contributed by atoms with van der Waals surface area (Å²) in [5.41, 5.74) is 4.69. The van der Waals surface area contributed by atoms with Crippen molar-refractivity contribution in [3.63, 3.8) is 0 Å². The Morgan fingerprint density at radius 2 is 1.76 bits per heavy atom. The standard InChI is InChI=1S/C29H32N6O3/c1-2-21-16-33-29(34-22-6-4-20(5-7-22)27-19-31-12-15-38-27)35-28(21)25(3-1)26-9-8-23(18-32-26)36-13-10-24-17-30-11-14-37-24/h1-9,16,18,24,27,30-31H,10-15,17,19H2,(H,33,34,35). The summed E-state index contributed by atoms with van der Waals surface area (Å²) in [4.78, 5) is 14.0. The normalized spacial score (nSPS) is 19.8. The number of morpholine rings is 2. The molecule has 2 saturated heterocycles. The number of nitrogens with zero attached hydrogens (tertiary/aromatic N) is 3. The molecule has 38 heavy (non-hydrogen) atoms. The molecule has 0 saturated carbocycles. The number of hydrogen-bond donors (Lipinski definition) is 3. The van der Waals surface area contributed by atoms with Crippen molar-refractivity contribution in [3.05, 3.63) is 72.6 Å². The van der Waals surface area contributed by atoms with Crippen molar-refractivity contribution in [2.24, 2.45) is 0 Å². The van der Waals surface area contributed by atoms with Crippen LogP contribution in [0.1, 0.15) is 18.1 Å². The van der Waals surface area contributed by atoms with E-state index in [0.29, 0.717) is 12.6 Å². The van der Waals surface area contributed by atoms with Gasteiger partial charge in [-0.3, -0.25) is 4.98 Å². The molecule has 4 aromatic rings. The van der Waals surface area contributed by atoms with Crippen LogP contribution in [0.3, 0.4) is 0 Å². The average Bonchev–Trinajstić information content (AvgIpc) is 2.99. The van der Waals surface area contributed by atoms with Crippen LogP contribution in [0.5, 0.6) is 5.75 Å². The van der Waals surface area contributed by atoms with Crippen LogP contribution in [0.15, 0.2) is 67.0 Å². The van der Waals surface area contributed by atoms with Crippen molar-refractivity contribution in [1.29, 1.82) is 0 Å². The topological polar surface area (TPSA) is 102 Å². The van der Waals surface area contributed by atoms with Gasteiger partial charge in [0.25, 0.3) is 0 Å². The summed E-state index contributed by atoms with van der Waals surface area (Å²) in [6.45, 7) is 5.61. The molecule has 4 heterocycles. The molecule has 0 aliphatic carbocycles. The lowest BCUT2D eigenvalue weighted by atomic mass is 10.1. The Morgan fingerprint density at radius 3 is 2.53 bits per heavy atom. The number of anilines is 2. The fourth-order valence-electron chi connectivity index (χ4n) is 4.75. The second-order valence-corrected chi connectivity index (χ2v) is 9.46. The van der Waals surface area contributed by atoms with E-state index in [9.17, 15) is 0 Å². The van der Waals surface area contributed by atoms with Crippen LogP contribution in [-0.2, 0) is 9.47 Å². The molecule has 9 nitrogen and oxygen atoms in total. The zero-order valence-electron chi connectivity index (χ0n) is 21.2. The molecule has 9 heteroatoms. The minimum atomic E-state index is 0.0878. The highest BCUT2D eigenvalue weighted by molar-refractivity contribution is 5.93. The molecule has 2 fully saturated rings. The number of hydrogen-bond acceptors (Lipinski definition) is 9. The minimum absolute atomic E-state index is 0.0878. The Labute approximate surface area is 222 Å². The lowest BCUT2D eigenvalue weighted by molar-refractivity contribution is 0.0159. The lowest BCUT2D eigenvalue weighted by Gasteiger charge is -2.24. The molecular weight excluding hydrogens is 480 g/mol. The van der Waals surface area contributed by atoms with Gasteiger partial charge in [0, 0.05) is 55.4 Å². The van der Waals surface area contributed by atoms with Crippen molar-refractivity contribution < 1.29 is 14.2 Å². The third kappa shape index (κ3) is 5.92. The summed E-state index contributed by atoms with van der Waals surface area (Å²) in [5.74, 6) is 1.28. The van der Waals surface area contributed by atoms with Crippen LogP contribution in [-0.4, -0.2) is 67.1 Å². The Bertz CT molecular complexity index is 1340. The molecular formula is C29H32N6O3. The van der Waals surface area contributed by atoms with Gasteiger partial charge in [0.05, 0.1) is 49.4 Å². The van der Waals surface area contributed by atoms with Crippen LogP contribution in [0.2, 0.25) is 0 Å². The summed E-state index contributed by atoms with van der Waals surface area (Å²) in [6.07, 6.45) is 4.74. The number of rotatable bonds is 8. The molecule has 2 unspecified atom stereocenters. The first kappa shape index (κ1) is 24.7. The summed E-state index contributed by atoms with van der Waals surface area (Å²) >= 11 is 0. The summed E-state index contributed by atoms with van der Waals surface area (Å²) in [5, 5.41) is 11.0. The fourth-order valence-corrected chi connectivity index (χ4v) is 4.75. The Morgan fingerprint density at radius 1 is 0.895 bits per heavy atom. The monoisotopic (exact) mass is 512 g/mol. The quantitative estimate of drug-likeness (QED) is 0.325. The van der Waals surface area contributed by atoms with Gasteiger partial charge in [0.2, 0.25) is 5.95 Å². The highest BCUT2D eigenvalue weighted by Crippen LogP contribution is 2.28. The zero-order chi connectivity index (χ0) is 25.6. The number of fused-ring (bicyclic) bond motifs is 1. The highest BCUT2D eigenvalue weighted by Gasteiger charge is 2.16. The number of pyridine rings is 1. The molecule has 0 radical (unpaired) electrons. The molecule has 0 bridgehead atoms. The molecule has 2 aromatic carbocycles. The number of nitrogens with one attached hydrogen (secondary N) is 3. The Balaban J connectivity index is 1.14. The predicted octanol–water partition coefficient (Wildman–Crippen LogP) is 3.85. The summed E-state index contributed by atoms with van der Waals surface area (Å²) in [6, 6.07) is 18.2. The first-order valence-electron chi connectivity index (χ1n) is 13.2. The largest absolute Gasteiger partial charge is 0.492 e. The van der Waals surface area contributed by atoms with Crippen molar-refractivity contribution in [3.8, 4) is 17.0 Å². The molecule has 2 atom stereocenters. The smallest absolute Gasteiger partial charge is 0.227 e. The maximum absolute atomic E-state index is 5.90. The molecule has 2 aromatic heterocycles. The van der Waals surface area contributed by atoms with Crippen molar-refractivity contribution >= 4 is 22.5 Å². The highest BCUT2D eigenvalue weighted by atomic mass is 16.5. The summed E-state index contributed by atoms with van der Waals surface area (Å²) < 4.78 is 17.5. The molecule has 2 aliphatic rings. The van der Waals surface area contributed by atoms with Gasteiger partial charge in [-0.25, -0.2) is 9.97 Å². The van der Waals surface area contributed by atoms with E-state index in [4.69, 9.17) is 19.2 Å². The first-order valence-corrected chi connectivity index (χ1v) is 13.2. The van der Waals surface area contributed by atoms with Gasteiger partial charge in [0.1, 0.15) is 5.75 Å². The molecule has 196 valence electrons. The number of aromatic nitrogens is 3.